The third-order valence-corrected chi connectivity index (χ3v) is 4.32. The summed E-state index contributed by atoms with van der Waals surface area (Å²) in [5.41, 5.74) is 1.80. The zero-order valence-corrected chi connectivity index (χ0v) is 13.4. The van der Waals surface area contributed by atoms with Gasteiger partial charge in [0, 0.05) is 35.6 Å². The van der Waals surface area contributed by atoms with E-state index in [4.69, 9.17) is 4.74 Å². The third kappa shape index (κ3) is 3.18. The van der Waals surface area contributed by atoms with Crippen LogP contribution in [0.1, 0.15) is 40.0 Å². The topological polar surface area (TPSA) is 71.2 Å². The molecule has 1 aromatic heterocycles. The minimum Gasteiger partial charge on any atom is -0.497 e. The van der Waals surface area contributed by atoms with Gasteiger partial charge in [-0.25, -0.2) is 4.39 Å². The number of carbonyl (C=O) groups excluding carboxylic acids is 1. The van der Waals surface area contributed by atoms with Crippen LogP contribution in [0.5, 0.6) is 5.75 Å². The average molecular weight is 330 g/mol. The van der Waals surface area contributed by atoms with Crippen LogP contribution in [0, 0.1) is 5.82 Å². The fourth-order valence-electron chi connectivity index (χ4n) is 2.94. The maximum Gasteiger partial charge on any atom is 0.257 e. The Labute approximate surface area is 138 Å². The second-order valence-electron chi connectivity index (χ2n) is 5.84. The minimum absolute atomic E-state index is 0.00514. The largest absolute Gasteiger partial charge is 0.497 e. The number of amides is 1. The maximum absolute atomic E-state index is 13.9. The highest BCUT2D eigenvalue weighted by Crippen LogP contribution is 2.17. The standard InChI is InChI=1S/C18H19FN2O3/c1-24-12-7-6-11(15(19)8-12)9-21-18(23)14-10-20-16-5-3-2-4-13(16)17(14)22/h6-8,10H,2-5,9H2,1H3,(H,20,22)(H,21,23). The number of ether oxygens (including phenoxy) is 1. The van der Waals surface area contributed by atoms with Crippen molar-refractivity contribution in [3.8, 4) is 5.75 Å². The maximum atomic E-state index is 13.9. The Morgan fingerprint density at radius 2 is 2.12 bits per heavy atom. The van der Waals surface area contributed by atoms with Crippen molar-refractivity contribution < 1.29 is 13.9 Å². The number of hydrogen-bond donors (Lipinski definition) is 2. The summed E-state index contributed by atoms with van der Waals surface area (Å²) >= 11 is 0. The van der Waals surface area contributed by atoms with Crippen LogP contribution in [0.3, 0.4) is 0 Å². The first-order chi connectivity index (χ1) is 11.6. The Morgan fingerprint density at radius 1 is 1.33 bits per heavy atom. The Bertz CT molecular complexity index is 829. The number of nitrogens with one attached hydrogen (secondary N) is 2. The number of methoxy groups -OCH3 is 1. The zero-order chi connectivity index (χ0) is 17.1. The summed E-state index contributed by atoms with van der Waals surface area (Å²) in [6, 6.07) is 4.43. The number of H-pyrrole nitrogens is 1. The van der Waals surface area contributed by atoms with Gasteiger partial charge in [0.2, 0.25) is 0 Å². The van der Waals surface area contributed by atoms with Gasteiger partial charge in [0.15, 0.2) is 5.43 Å². The lowest BCUT2D eigenvalue weighted by molar-refractivity contribution is 0.0949. The molecule has 1 amide bonds. The van der Waals surface area contributed by atoms with Gasteiger partial charge < -0.3 is 15.0 Å². The molecule has 1 aliphatic carbocycles. The normalized spacial score (nSPS) is 13.2. The first-order valence-corrected chi connectivity index (χ1v) is 7.94. The Hall–Kier alpha value is -2.63. The fraction of sp³-hybridized carbons (Fsp3) is 0.333. The van der Waals surface area contributed by atoms with Crippen LogP contribution in [-0.4, -0.2) is 18.0 Å². The number of carbonyl (C=O) groups is 1. The van der Waals surface area contributed by atoms with Crippen molar-refractivity contribution in [3.05, 3.63) is 62.8 Å². The van der Waals surface area contributed by atoms with Crippen molar-refractivity contribution in [2.45, 2.75) is 32.2 Å². The molecule has 1 aliphatic rings. The molecule has 0 saturated heterocycles. The van der Waals surface area contributed by atoms with E-state index in [9.17, 15) is 14.0 Å². The molecule has 1 aromatic carbocycles. The monoisotopic (exact) mass is 330 g/mol. The van der Waals surface area contributed by atoms with E-state index in [0.717, 1.165) is 25.0 Å². The Kier molecular flexibility index (Phi) is 4.64. The van der Waals surface area contributed by atoms with Gasteiger partial charge in [0.25, 0.3) is 5.91 Å². The molecule has 0 aliphatic heterocycles. The summed E-state index contributed by atoms with van der Waals surface area (Å²) in [4.78, 5) is 27.8. The highest BCUT2D eigenvalue weighted by atomic mass is 19.1. The average Bonchev–Trinajstić information content (AvgIpc) is 2.61. The molecular weight excluding hydrogens is 311 g/mol. The van der Waals surface area contributed by atoms with E-state index in [-0.39, 0.29) is 17.5 Å². The highest BCUT2D eigenvalue weighted by molar-refractivity contribution is 5.94. The van der Waals surface area contributed by atoms with Crippen molar-refractivity contribution in [3.63, 3.8) is 0 Å². The van der Waals surface area contributed by atoms with Crippen LogP contribution in [0.25, 0.3) is 0 Å². The van der Waals surface area contributed by atoms with Crippen LogP contribution in [-0.2, 0) is 19.4 Å². The number of hydrogen-bond acceptors (Lipinski definition) is 3. The summed E-state index contributed by atoms with van der Waals surface area (Å²) in [7, 11) is 1.46. The summed E-state index contributed by atoms with van der Waals surface area (Å²) in [6.45, 7) is 0.00514. The SMILES string of the molecule is COc1ccc(CNC(=O)c2c[nH]c3c(c2=O)CCCC3)c(F)c1. The summed E-state index contributed by atoms with van der Waals surface area (Å²) in [5, 5.41) is 2.60. The molecule has 126 valence electrons. The van der Waals surface area contributed by atoms with Gasteiger partial charge in [0.1, 0.15) is 17.1 Å². The fourth-order valence-corrected chi connectivity index (χ4v) is 2.94. The number of fused-ring (bicyclic) bond motifs is 1. The van der Waals surface area contributed by atoms with Gasteiger partial charge in [-0.2, -0.15) is 0 Å². The lowest BCUT2D eigenvalue weighted by atomic mass is 9.94. The minimum atomic E-state index is -0.500. The van der Waals surface area contributed by atoms with E-state index in [1.54, 1.807) is 12.1 Å². The lowest BCUT2D eigenvalue weighted by Crippen LogP contribution is -2.31. The first kappa shape index (κ1) is 16.2. The van der Waals surface area contributed by atoms with Gasteiger partial charge >= 0.3 is 0 Å². The molecule has 1 heterocycles. The van der Waals surface area contributed by atoms with Crippen molar-refractivity contribution in [1.82, 2.24) is 10.3 Å². The molecule has 0 saturated carbocycles. The van der Waals surface area contributed by atoms with Crippen LogP contribution in [0.4, 0.5) is 4.39 Å². The lowest BCUT2D eigenvalue weighted by Gasteiger charge is -2.15. The second kappa shape index (κ2) is 6.86. The number of aryl methyl sites for hydroxylation is 1. The van der Waals surface area contributed by atoms with Crippen molar-refractivity contribution in [2.75, 3.05) is 7.11 Å². The van der Waals surface area contributed by atoms with Crippen LogP contribution >= 0.6 is 0 Å². The predicted octanol–water partition coefficient (Wildman–Crippen LogP) is 2.33. The molecule has 0 atom stereocenters. The molecule has 0 unspecified atom stereocenters. The molecular formula is C18H19FN2O3. The van der Waals surface area contributed by atoms with Gasteiger partial charge in [-0.3, -0.25) is 9.59 Å². The molecule has 0 bridgehead atoms. The van der Waals surface area contributed by atoms with Crippen LogP contribution < -0.4 is 15.5 Å². The van der Waals surface area contributed by atoms with Gasteiger partial charge in [-0.05, 0) is 31.7 Å². The third-order valence-electron chi connectivity index (χ3n) is 4.32. The predicted molar refractivity (Wildman–Crippen MR) is 87.8 cm³/mol. The summed E-state index contributed by atoms with van der Waals surface area (Å²) < 4.78 is 18.8. The van der Waals surface area contributed by atoms with Gasteiger partial charge in [0.05, 0.1) is 7.11 Å². The molecule has 0 fully saturated rings. The van der Waals surface area contributed by atoms with E-state index < -0.39 is 11.7 Å². The van der Waals surface area contributed by atoms with E-state index in [2.05, 4.69) is 10.3 Å². The Morgan fingerprint density at radius 3 is 2.88 bits per heavy atom. The van der Waals surface area contributed by atoms with Gasteiger partial charge in [-0.1, -0.05) is 6.07 Å². The van der Waals surface area contributed by atoms with E-state index >= 15 is 0 Å². The van der Waals surface area contributed by atoms with Crippen molar-refractivity contribution in [2.24, 2.45) is 0 Å². The number of aromatic amines is 1. The number of aromatic nitrogens is 1. The highest BCUT2D eigenvalue weighted by Gasteiger charge is 2.19. The van der Waals surface area contributed by atoms with E-state index in [1.165, 1.54) is 19.4 Å². The van der Waals surface area contributed by atoms with E-state index in [0.29, 0.717) is 23.3 Å². The van der Waals surface area contributed by atoms with Gasteiger partial charge in [-0.15, -0.1) is 0 Å². The summed E-state index contributed by atoms with van der Waals surface area (Å²) in [5.74, 6) is -0.553. The molecule has 3 rings (SSSR count). The molecule has 2 aromatic rings. The molecule has 24 heavy (non-hydrogen) atoms. The molecule has 0 spiro atoms. The van der Waals surface area contributed by atoms with Crippen LogP contribution in [0.2, 0.25) is 0 Å². The van der Waals surface area contributed by atoms with Crippen molar-refractivity contribution >= 4 is 5.91 Å². The molecule has 5 nitrogen and oxygen atoms in total. The quantitative estimate of drug-likeness (QED) is 0.904. The smallest absolute Gasteiger partial charge is 0.257 e. The number of benzene rings is 1. The number of rotatable bonds is 4. The zero-order valence-electron chi connectivity index (χ0n) is 13.4. The summed E-state index contributed by atoms with van der Waals surface area (Å²) in [6.07, 6.45) is 4.98. The second-order valence-corrected chi connectivity index (χ2v) is 5.84. The van der Waals surface area contributed by atoms with E-state index in [1.807, 2.05) is 0 Å². The molecule has 2 N–H and O–H groups in total. The number of pyridine rings is 1. The first-order valence-electron chi connectivity index (χ1n) is 7.94. The Balaban J connectivity index is 1.75. The molecule has 6 heteroatoms. The van der Waals surface area contributed by atoms with Crippen molar-refractivity contribution in [1.29, 1.82) is 0 Å². The molecule has 0 radical (unpaired) electrons. The van der Waals surface area contributed by atoms with Crippen LogP contribution in [0.15, 0.2) is 29.2 Å². The number of halogens is 1.